The first kappa shape index (κ1) is 25.6. The van der Waals surface area contributed by atoms with Crippen molar-refractivity contribution in [3.63, 3.8) is 0 Å². The summed E-state index contributed by atoms with van der Waals surface area (Å²) in [6.45, 7) is 6.92. The van der Waals surface area contributed by atoms with E-state index in [0.717, 1.165) is 42.0 Å². The predicted molar refractivity (Wildman–Crippen MR) is 134 cm³/mol. The summed E-state index contributed by atoms with van der Waals surface area (Å²) < 4.78 is 65.7. The van der Waals surface area contributed by atoms with Crippen LogP contribution in [0.25, 0.3) is 5.69 Å². The molecule has 1 fully saturated rings. The van der Waals surface area contributed by atoms with E-state index >= 15 is 0 Å². The molecule has 196 valence electrons. The molecular formula is C26H26F4N4O2S. The van der Waals surface area contributed by atoms with Crippen LogP contribution in [0.5, 0.6) is 5.75 Å². The average Bonchev–Trinajstić information content (AvgIpc) is 3.28. The highest BCUT2D eigenvalue weighted by Crippen LogP contribution is 2.33. The van der Waals surface area contributed by atoms with Crippen molar-refractivity contribution in [1.29, 1.82) is 0 Å². The number of anilines is 1. The molecule has 1 aliphatic carbocycles. The normalized spacial score (nSPS) is 16.5. The van der Waals surface area contributed by atoms with Gasteiger partial charge in [-0.2, -0.15) is 9.78 Å². The van der Waals surface area contributed by atoms with E-state index < -0.39 is 34.9 Å². The lowest BCUT2D eigenvalue weighted by atomic mass is 10.1. The van der Waals surface area contributed by atoms with E-state index in [1.807, 2.05) is 4.90 Å². The molecule has 0 radical (unpaired) electrons. The van der Waals surface area contributed by atoms with E-state index in [9.17, 15) is 22.4 Å². The van der Waals surface area contributed by atoms with Gasteiger partial charge in [-0.15, -0.1) is 0 Å². The highest BCUT2D eigenvalue weighted by Gasteiger charge is 2.32. The zero-order valence-electron chi connectivity index (χ0n) is 20.4. The van der Waals surface area contributed by atoms with E-state index in [1.54, 1.807) is 11.9 Å². The van der Waals surface area contributed by atoms with Crippen molar-refractivity contribution < 1.29 is 22.3 Å². The largest absolute Gasteiger partial charge is 0.482 e. The summed E-state index contributed by atoms with van der Waals surface area (Å²) in [7, 11) is 0. The maximum Gasteiger partial charge on any atom is 0.316 e. The second-order valence-corrected chi connectivity index (χ2v) is 11.1. The van der Waals surface area contributed by atoms with Crippen LogP contribution in [-0.2, 0) is 12.8 Å². The van der Waals surface area contributed by atoms with Crippen molar-refractivity contribution in [3.05, 3.63) is 81.3 Å². The Hall–Kier alpha value is -3.05. The SMILES string of the molecule is CC(C)SN1CCN(c2cnn(-c3cc(F)cc(F)c3)c(=O)c2OC2Cc3c(F)ccc(F)c3C2)CC1. The second-order valence-electron chi connectivity index (χ2n) is 9.41. The fourth-order valence-corrected chi connectivity index (χ4v) is 5.77. The van der Waals surface area contributed by atoms with Gasteiger partial charge < -0.3 is 9.64 Å². The lowest BCUT2D eigenvalue weighted by Gasteiger charge is -2.36. The van der Waals surface area contributed by atoms with Crippen LogP contribution in [0.2, 0.25) is 0 Å². The number of hydrogen-bond donors (Lipinski definition) is 0. The van der Waals surface area contributed by atoms with Gasteiger partial charge in [0, 0.05) is 50.3 Å². The molecule has 2 heterocycles. The van der Waals surface area contributed by atoms with Crippen LogP contribution in [0.1, 0.15) is 25.0 Å². The van der Waals surface area contributed by atoms with Crippen molar-refractivity contribution in [2.24, 2.45) is 0 Å². The maximum absolute atomic E-state index is 14.3. The molecule has 2 aromatic carbocycles. The van der Waals surface area contributed by atoms with Crippen LogP contribution in [0.4, 0.5) is 23.2 Å². The van der Waals surface area contributed by atoms with Gasteiger partial charge in [-0.3, -0.25) is 4.79 Å². The Balaban J connectivity index is 1.50. The molecule has 6 nitrogen and oxygen atoms in total. The Bertz CT molecular complexity index is 1320. The van der Waals surface area contributed by atoms with E-state index in [4.69, 9.17) is 4.74 Å². The first-order chi connectivity index (χ1) is 17.7. The van der Waals surface area contributed by atoms with Crippen molar-refractivity contribution in [2.75, 3.05) is 31.1 Å². The molecule has 0 bridgehead atoms. The summed E-state index contributed by atoms with van der Waals surface area (Å²) in [5.74, 6) is -2.83. The molecule has 0 spiro atoms. The zero-order valence-corrected chi connectivity index (χ0v) is 21.2. The van der Waals surface area contributed by atoms with Crippen LogP contribution < -0.4 is 15.2 Å². The smallest absolute Gasteiger partial charge is 0.316 e. The lowest BCUT2D eigenvalue weighted by molar-refractivity contribution is 0.208. The Labute approximate surface area is 216 Å². The number of hydrogen-bond acceptors (Lipinski definition) is 6. The fraction of sp³-hybridized carbons (Fsp3) is 0.385. The molecule has 1 aromatic heterocycles. The molecule has 0 unspecified atom stereocenters. The van der Waals surface area contributed by atoms with E-state index in [2.05, 4.69) is 23.3 Å². The third kappa shape index (κ3) is 5.33. The third-order valence-electron chi connectivity index (χ3n) is 6.41. The number of benzene rings is 2. The Morgan fingerprint density at radius 1 is 0.946 bits per heavy atom. The highest BCUT2D eigenvalue weighted by molar-refractivity contribution is 7.97. The molecule has 1 aliphatic heterocycles. The van der Waals surface area contributed by atoms with Gasteiger partial charge in [-0.1, -0.05) is 25.8 Å². The Morgan fingerprint density at radius 3 is 2.11 bits per heavy atom. The lowest BCUT2D eigenvalue weighted by Crippen LogP contribution is -2.45. The molecule has 37 heavy (non-hydrogen) atoms. The van der Waals surface area contributed by atoms with Gasteiger partial charge in [-0.25, -0.2) is 21.9 Å². The number of aromatic nitrogens is 2. The molecule has 0 amide bonds. The van der Waals surface area contributed by atoms with E-state index in [-0.39, 0.29) is 35.4 Å². The quantitative estimate of drug-likeness (QED) is 0.343. The van der Waals surface area contributed by atoms with Crippen LogP contribution in [0.15, 0.2) is 41.3 Å². The van der Waals surface area contributed by atoms with Crippen LogP contribution >= 0.6 is 11.9 Å². The molecule has 0 N–H and O–H groups in total. The van der Waals surface area contributed by atoms with E-state index in [1.165, 1.54) is 6.20 Å². The van der Waals surface area contributed by atoms with Gasteiger partial charge in [0.2, 0.25) is 5.75 Å². The number of rotatable bonds is 6. The van der Waals surface area contributed by atoms with Crippen LogP contribution in [0.3, 0.4) is 0 Å². The summed E-state index contributed by atoms with van der Waals surface area (Å²) in [5.41, 5.74) is 0.0892. The topological polar surface area (TPSA) is 50.6 Å². The van der Waals surface area contributed by atoms with Gasteiger partial charge in [-0.05, 0) is 35.4 Å². The molecule has 3 aromatic rings. The Kier molecular flexibility index (Phi) is 7.17. The number of fused-ring (bicyclic) bond motifs is 1. The monoisotopic (exact) mass is 534 g/mol. The van der Waals surface area contributed by atoms with E-state index in [0.29, 0.717) is 30.1 Å². The maximum atomic E-state index is 14.3. The minimum atomic E-state index is -0.855. The molecule has 1 saturated heterocycles. The Morgan fingerprint density at radius 2 is 1.54 bits per heavy atom. The zero-order chi connectivity index (χ0) is 26.3. The molecule has 0 atom stereocenters. The van der Waals surface area contributed by atoms with Crippen LogP contribution in [-0.4, -0.2) is 51.6 Å². The number of halogens is 4. The van der Waals surface area contributed by atoms with Crippen molar-refractivity contribution in [1.82, 2.24) is 14.1 Å². The van der Waals surface area contributed by atoms with Gasteiger partial charge in [0.05, 0.1) is 11.9 Å². The number of piperazine rings is 1. The first-order valence-electron chi connectivity index (χ1n) is 12.1. The minimum Gasteiger partial charge on any atom is -0.482 e. The summed E-state index contributed by atoms with van der Waals surface area (Å²) in [6.07, 6.45) is 0.931. The molecule has 0 saturated carbocycles. The molecule has 11 heteroatoms. The van der Waals surface area contributed by atoms with Crippen molar-refractivity contribution >= 4 is 17.6 Å². The third-order valence-corrected chi connectivity index (χ3v) is 7.50. The summed E-state index contributed by atoms with van der Waals surface area (Å²) in [4.78, 5) is 15.6. The van der Waals surface area contributed by atoms with Crippen molar-refractivity contribution in [2.45, 2.75) is 38.0 Å². The van der Waals surface area contributed by atoms with Gasteiger partial charge in [0.15, 0.2) is 0 Å². The summed E-state index contributed by atoms with van der Waals surface area (Å²) in [6, 6.07) is 4.86. The van der Waals surface area contributed by atoms with Crippen LogP contribution in [0, 0.1) is 23.3 Å². The summed E-state index contributed by atoms with van der Waals surface area (Å²) in [5, 5.41) is 4.62. The fourth-order valence-electron chi connectivity index (χ4n) is 4.80. The highest BCUT2D eigenvalue weighted by atomic mass is 32.2. The standard InChI is InChI=1S/C26H26F4N4O2S/c1-15(2)37-33-7-5-32(6-8-33)24-14-31-34(18-10-16(27)9-17(28)11-18)26(35)25(24)36-19-12-20-21(13-19)23(30)4-3-22(20)29/h3-4,9-11,14-15,19H,5-8,12-13H2,1-2H3. The molecule has 5 rings (SSSR count). The molecule has 2 aliphatic rings. The van der Waals surface area contributed by atoms with Crippen molar-refractivity contribution in [3.8, 4) is 11.4 Å². The predicted octanol–water partition coefficient (Wildman–Crippen LogP) is 4.51. The summed E-state index contributed by atoms with van der Waals surface area (Å²) >= 11 is 1.76. The van der Waals surface area contributed by atoms with Gasteiger partial charge in [0.25, 0.3) is 0 Å². The second kappa shape index (κ2) is 10.4. The average molecular weight is 535 g/mol. The minimum absolute atomic E-state index is 0.0664. The van der Waals surface area contributed by atoms with Gasteiger partial charge in [0.1, 0.15) is 35.1 Å². The van der Waals surface area contributed by atoms with Gasteiger partial charge >= 0.3 is 5.56 Å². The number of ether oxygens (including phenoxy) is 1. The molecular weight excluding hydrogens is 508 g/mol. The first-order valence-corrected chi connectivity index (χ1v) is 12.9. The number of nitrogens with zero attached hydrogens (tertiary/aromatic N) is 4.